The molecule has 0 heterocycles. The summed E-state index contributed by atoms with van der Waals surface area (Å²) >= 11 is 5.76. The highest BCUT2D eigenvalue weighted by Crippen LogP contribution is 2.34. The number of rotatable bonds is 4. The van der Waals surface area contributed by atoms with Gasteiger partial charge in [0.05, 0.1) is 0 Å². The van der Waals surface area contributed by atoms with Crippen molar-refractivity contribution < 1.29 is 4.39 Å². The minimum absolute atomic E-state index is 0.160. The fraction of sp³-hybridized carbons (Fsp3) is 0.571. The third-order valence-electron chi connectivity index (χ3n) is 3.78. The first-order valence-corrected chi connectivity index (χ1v) is 6.67. The summed E-state index contributed by atoms with van der Waals surface area (Å²) in [6.45, 7) is 1.04. The highest BCUT2D eigenvalue weighted by Gasteiger charge is 2.27. The molecule has 1 aromatic carbocycles. The van der Waals surface area contributed by atoms with Crippen molar-refractivity contribution >= 4 is 11.6 Å². The fourth-order valence-corrected chi connectivity index (χ4v) is 3.04. The number of hydrogen-bond donors (Lipinski definition) is 1. The predicted molar refractivity (Wildman–Crippen MR) is 69.9 cm³/mol. The molecule has 1 saturated carbocycles. The topological polar surface area (TPSA) is 12.0 Å². The van der Waals surface area contributed by atoms with Gasteiger partial charge in [-0.1, -0.05) is 24.1 Å². The summed E-state index contributed by atoms with van der Waals surface area (Å²) in [6, 6.07) is 5.02. The Morgan fingerprint density at radius 2 is 2.12 bits per heavy atom. The third kappa shape index (κ3) is 3.20. The average molecular weight is 256 g/mol. The van der Waals surface area contributed by atoms with E-state index in [4.69, 9.17) is 11.6 Å². The van der Waals surface area contributed by atoms with Crippen LogP contribution in [0.15, 0.2) is 18.2 Å². The Labute approximate surface area is 107 Å². The van der Waals surface area contributed by atoms with Gasteiger partial charge in [-0.3, -0.25) is 0 Å². The Morgan fingerprint density at radius 3 is 2.82 bits per heavy atom. The molecule has 1 nitrogen and oxygen atoms in total. The van der Waals surface area contributed by atoms with Gasteiger partial charge >= 0.3 is 0 Å². The summed E-state index contributed by atoms with van der Waals surface area (Å²) in [5.74, 6) is 1.14. The molecule has 2 atom stereocenters. The summed E-state index contributed by atoms with van der Waals surface area (Å²) in [7, 11) is 1.98. The van der Waals surface area contributed by atoms with Gasteiger partial charge in [0, 0.05) is 5.02 Å². The van der Waals surface area contributed by atoms with E-state index < -0.39 is 0 Å². The van der Waals surface area contributed by atoms with Gasteiger partial charge in [-0.05, 0) is 62.4 Å². The van der Waals surface area contributed by atoms with Crippen molar-refractivity contribution in [1.82, 2.24) is 5.32 Å². The van der Waals surface area contributed by atoms with Crippen molar-refractivity contribution in [3.8, 4) is 0 Å². The molecule has 0 aromatic heterocycles. The molecular formula is C14H19ClFN. The zero-order valence-corrected chi connectivity index (χ0v) is 10.9. The molecule has 0 spiro atoms. The van der Waals surface area contributed by atoms with E-state index in [0.29, 0.717) is 16.9 Å². The first kappa shape index (κ1) is 12.8. The monoisotopic (exact) mass is 255 g/mol. The van der Waals surface area contributed by atoms with Crippen LogP contribution in [0.25, 0.3) is 0 Å². The molecule has 17 heavy (non-hydrogen) atoms. The Kier molecular flexibility index (Phi) is 4.41. The number of nitrogens with one attached hydrogen (secondary N) is 1. The van der Waals surface area contributed by atoms with Gasteiger partial charge in [-0.2, -0.15) is 0 Å². The van der Waals surface area contributed by atoms with Gasteiger partial charge in [0.25, 0.3) is 0 Å². The lowest BCUT2D eigenvalue weighted by Gasteiger charge is -2.19. The van der Waals surface area contributed by atoms with Crippen molar-refractivity contribution in [3.63, 3.8) is 0 Å². The van der Waals surface area contributed by atoms with Crippen LogP contribution >= 0.6 is 11.6 Å². The molecule has 1 aliphatic rings. The number of benzene rings is 1. The van der Waals surface area contributed by atoms with Crippen LogP contribution in [0, 0.1) is 17.7 Å². The molecule has 1 N–H and O–H groups in total. The molecule has 1 fully saturated rings. The number of halogens is 2. The van der Waals surface area contributed by atoms with E-state index >= 15 is 0 Å². The smallest absolute Gasteiger partial charge is 0.127 e. The SMILES string of the molecule is CNCC1CCCC1Cc1ccc(Cl)cc1F. The average Bonchev–Trinajstić information content (AvgIpc) is 2.71. The molecule has 3 heteroatoms. The second kappa shape index (κ2) is 5.83. The highest BCUT2D eigenvalue weighted by molar-refractivity contribution is 6.30. The summed E-state index contributed by atoms with van der Waals surface area (Å²) in [4.78, 5) is 0. The number of hydrogen-bond acceptors (Lipinski definition) is 1. The van der Waals surface area contributed by atoms with Crippen LogP contribution in [-0.2, 0) is 6.42 Å². The molecule has 0 saturated heterocycles. The molecule has 0 bridgehead atoms. The second-order valence-corrected chi connectivity index (χ2v) is 5.39. The van der Waals surface area contributed by atoms with Crippen LogP contribution in [0.3, 0.4) is 0 Å². The zero-order chi connectivity index (χ0) is 12.3. The van der Waals surface area contributed by atoms with Crippen LogP contribution in [0.1, 0.15) is 24.8 Å². The summed E-state index contributed by atoms with van der Waals surface area (Å²) in [6.07, 6.45) is 4.59. The molecule has 0 aliphatic heterocycles. The van der Waals surface area contributed by atoms with Crippen LogP contribution in [-0.4, -0.2) is 13.6 Å². The van der Waals surface area contributed by atoms with Crippen LogP contribution in [0.2, 0.25) is 5.02 Å². The predicted octanol–water partition coefficient (Wildman–Crippen LogP) is 3.66. The van der Waals surface area contributed by atoms with Crippen LogP contribution in [0.5, 0.6) is 0 Å². The molecule has 94 valence electrons. The summed E-state index contributed by atoms with van der Waals surface area (Å²) < 4.78 is 13.7. The Hall–Kier alpha value is -0.600. The fourth-order valence-electron chi connectivity index (χ4n) is 2.88. The lowest BCUT2D eigenvalue weighted by molar-refractivity contribution is 0.370. The molecule has 2 unspecified atom stereocenters. The Balaban J connectivity index is 2.04. The lowest BCUT2D eigenvalue weighted by Crippen LogP contribution is -2.23. The van der Waals surface area contributed by atoms with E-state index in [1.807, 2.05) is 13.1 Å². The molecular weight excluding hydrogens is 237 g/mol. The minimum atomic E-state index is -0.160. The molecule has 1 aliphatic carbocycles. The van der Waals surface area contributed by atoms with Crippen molar-refractivity contribution in [2.75, 3.05) is 13.6 Å². The standard InChI is InChI=1S/C14H19ClFN/c1-17-9-12-4-2-3-10(12)7-11-5-6-13(15)8-14(11)16/h5-6,8,10,12,17H,2-4,7,9H2,1H3. The van der Waals surface area contributed by atoms with E-state index in [0.717, 1.165) is 18.5 Å². The quantitative estimate of drug-likeness (QED) is 0.866. The maximum atomic E-state index is 13.7. The third-order valence-corrected chi connectivity index (χ3v) is 4.02. The Morgan fingerprint density at radius 1 is 1.35 bits per heavy atom. The minimum Gasteiger partial charge on any atom is -0.319 e. The van der Waals surface area contributed by atoms with E-state index in [2.05, 4.69) is 5.32 Å². The molecule has 0 amide bonds. The normalized spacial score (nSPS) is 24.2. The zero-order valence-electron chi connectivity index (χ0n) is 10.2. The highest BCUT2D eigenvalue weighted by atomic mass is 35.5. The van der Waals surface area contributed by atoms with Gasteiger partial charge < -0.3 is 5.32 Å². The largest absolute Gasteiger partial charge is 0.319 e. The van der Waals surface area contributed by atoms with E-state index in [9.17, 15) is 4.39 Å². The van der Waals surface area contributed by atoms with Crippen LogP contribution < -0.4 is 5.32 Å². The molecule has 0 radical (unpaired) electrons. The van der Waals surface area contributed by atoms with Gasteiger partial charge in [0.1, 0.15) is 5.82 Å². The van der Waals surface area contributed by atoms with E-state index in [1.165, 1.54) is 25.3 Å². The van der Waals surface area contributed by atoms with Crippen molar-refractivity contribution in [2.24, 2.45) is 11.8 Å². The Bertz CT molecular complexity index is 380. The molecule has 1 aromatic rings. The lowest BCUT2D eigenvalue weighted by atomic mass is 9.89. The maximum absolute atomic E-state index is 13.7. The van der Waals surface area contributed by atoms with Gasteiger partial charge in [0.2, 0.25) is 0 Å². The van der Waals surface area contributed by atoms with Crippen molar-refractivity contribution in [2.45, 2.75) is 25.7 Å². The maximum Gasteiger partial charge on any atom is 0.127 e. The van der Waals surface area contributed by atoms with Crippen LogP contribution in [0.4, 0.5) is 4.39 Å². The second-order valence-electron chi connectivity index (χ2n) is 4.95. The summed E-state index contributed by atoms with van der Waals surface area (Å²) in [5, 5.41) is 3.71. The van der Waals surface area contributed by atoms with Crippen molar-refractivity contribution in [3.05, 3.63) is 34.6 Å². The first-order chi connectivity index (χ1) is 8.20. The first-order valence-electron chi connectivity index (χ1n) is 6.29. The van der Waals surface area contributed by atoms with E-state index in [-0.39, 0.29) is 5.82 Å². The van der Waals surface area contributed by atoms with Gasteiger partial charge in [-0.15, -0.1) is 0 Å². The van der Waals surface area contributed by atoms with Gasteiger partial charge in [0.15, 0.2) is 0 Å². The van der Waals surface area contributed by atoms with Gasteiger partial charge in [-0.25, -0.2) is 4.39 Å². The van der Waals surface area contributed by atoms with E-state index in [1.54, 1.807) is 6.07 Å². The summed E-state index contributed by atoms with van der Waals surface area (Å²) in [5.41, 5.74) is 0.808. The van der Waals surface area contributed by atoms with Crippen molar-refractivity contribution in [1.29, 1.82) is 0 Å². The molecule has 2 rings (SSSR count).